The maximum Gasteiger partial charge on any atom is 0.247 e. The van der Waals surface area contributed by atoms with Crippen molar-refractivity contribution in [2.45, 2.75) is 26.4 Å². The largest absolute Gasteiger partial charge is 0.419 e. The molecule has 3 rings (SSSR count). The van der Waals surface area contributed by atoms with Crippen molar-refractivity contribution < 1.29 is 4.42 Å². The molecule has 1 N–H and O–H groups in total. The predicted molar refractivity (Wildman–Crippen MR) is 91.2 cm³/mol. The van der Waals surface area contributed by atoms with Crippen LogP contribution in [0.2, 0.25) is 5.02 Å². The summed E-state index contributed by atoms with van der Waals surface area (Å²) >= 11 is 6.21. The van der Waals surface area contributed by atoms with Crippen LogP contribution in [0, 0.1) is 6.92 Å². The van der Waals surface area contributed by atoms with Gasteiger partial charge in [-0.25, -0.2) is 0 Å². The Morgan fingerprint density at radius 1 is 1.09 bits per heavy atom. The summed E-state index contributed by atoms with van der Waals surface area (Å²) in [6.07, 6.45) is 0. The molecule has 0 saturated carbocycles. The molecular formula is C18H18ClN3O. The van der Waals surface area contributed by atoms with E-state index in [1.807, 2.05) is 55.5 Å². The summed E-state index contributed by atoms with van der Waals surface area (Å²) in [5, 5.41) is 12.3. The maximum absolute atomic E-state index is 6.21. The van der Waals surface area contributed by atoms with E-state index in [9.17, 15) is 0 Å². The molecular weight excluding hydrogens is 310 g/mol. The number of hydrogen-bond acceptors (Lipinski definition) is 4. The molecule has 0 unspecified atom stereocenters. The first-order chi connectivity index (χ1) is 11.1. The fourth-order valence-electron chi connectivity index (χ4n) is 2.31. The number of aromatic nitrogens is 2. The highest BCUT2D eigenvalue weighted by atomic mass is 35.5. The molecule has 118 valence electrons. The quantitative estimate of drug-likeness (QED) is 0.747. The van der Waals surface area contributed by atoms with Gasteiger partial charge in [-0.05, 0) is 37.6 Å². The Morgan fingerprint density at radius 3 is 2.57 bits per heavy atom. The average molecular weight is 328 g/mol. The summed E-state index contributed by atoms with van der Waals surface area (Å²) in [5.74, 6) is 1.09. The Bertz CT molecular complexity index is 783. The van der Waals surface area contributed by atoms with Crippen molar-refractivity contribution in [2.75, 3.05) is 0 Å². The molecule has 0 aliphatic rings. The second-order valence-corrected chi connectivity index (χ2v) is 5.90. The van der Waals surface area contributed by atoms with Gasteiger partial charge in [0.2, 0.25) is 11.8 Å². The van der Waals surface area contributed by atoms with Crippen molar-refractivity contribution >= 4 is 11.6 Å². The van der Waals surface area contributed by atoms with Crippen molar-refractivity contribution in [1.82, 2.24) is 15.5 Å². The Labute approximate surface area is 140 Å². The van der Waals surface area contributed by atoms with Gasteiger partial charge >= 0.3 is 0 Å². The van der Waals surface area contributed by atoms with Crippen LogP contribution in [0.4, 0.5) is 0 Å². The van der Waals surface area contributed by atoms with Crippen LogP contribution in [0.1, 0.15) is 30.0 Å². The summed E-state index contributed by atoms with van der Waals surface area (Å²) in [6, 6.07) is 15.9. The van der Waals surface area contributed by atoms with Crippen molar-refractivity contribution in [3.63, 3.8) is 0 Å². The number of hydrogen-bond donors (Lipinski definition) is 1. The first-order valence-electron chi connectivity index (χ1n) is 7.50. The lowest BCUT2D eigenvalue weighted by atomic mass is 10.1. The van der Waals surface area contributed by atoms with Gasteiger partial charge in [0.1, 0.15) is 0 Å². The monoisotopic (exact) mass is 327 g/mol. The van der Waals surface area contributed by atoms with Crippen LogP contribution in [0.3, 0.4) is 0 Å². The highest BCUT2D eigenvalue weighted by molar-refractivity contribution is 6.31. The van der Waals surface area contributed by atoms with Crippen LogP contribution in [0.25, 0.3) is 11.5 Å². The number of nitrogens with zero attached hydrogens (tertiary/aromatic N) is 2. The Hall–Kier alpha value is -2.17. The van der Waals surface area contributed by atoms with Gasteiger partial charge in [-0.15, -0.1) is 10.2 Å². The van der Waals surface area contributed by atoms with E-state index in [1.54, 1.807) is 0 Å². The van der Waals surface area contributed by atoms with Gasteiger partial charge in [-0.3, -0.25) is 0 Å². The average Bonchev–Trinajstić information content (AvgIpc) is 3.03. The van der Waals surface area contributed by atoms with Gasteiger partial charge in [-0.1, -0.05) is 47.5 Å². The third-order valence-corrected chi connectivity index (χ3v) is 4.04. The number of nitrogens with one attached hydrogen (secondary N) is 1. The van der Waals surface area contributed by atoms with Crippen LogP contribution in [-0.4, -0.2) is 10.2 Å². The number of aryl methyl sites for hydroxylation is 1. The van der Waals surface area contributed by atoms with E-state index < -0.39 is 0 Å². The lowest BCUT2D eigenvalue weighted by Crippen LogP contribution is -2.18. The molecule has 5 heteroatoms. The first kappa shape index (κ1) is 15.7. The zero-order chi connectivity index (χ0) is 16.2. The van der Waals surface area contributed by atoms with Gasteiger partial charge in [0.15, 0.2) is 0 Å². The predicted octanol–water partition coefficient (Wildman–Crippen LogP) is 4.55. The summed E-state index contributed by atoms with van der Waals surface area (Å²) in [6.45, 7) is 4.59. The fraction of sp³-hybridized carbons (Fsp3) is 0.222. The molecule has 1 heterocycles. The minimum Gasteiger partial charge on any atom is -0.419 e. The summed E-state index contributed by atoms with van der Waals surface area (Å²) < 4.78 is 5.71. The zero-order valence-corrected chi connectivity index (χ0v) is 13.8. The Morgan fingerprint density at radius 2 is 1.83 bits per heavy atom. The summed E-state index contributed by atoms with van der Waals surface area (Å²) in [7, 11) is 0. The van der Waals surface area contributed by atoms with E-state index in [2.05, 4.69) is 22.4 Å². The highest BCUT2D eigenvalue weighted by Crippen LogP contribution is 2.23. The number of halogens is 1. The molecule has 0 saturated heterocycles. The van der Waals surface area contributed by atoms with Crippen LogP contribution in [0.15, 0.2) is 52.9 Å². The van der Waals surface area contributed by atoms with Gasteiger partial charge in [0.05, 0.1) is 6.54 Å². The summed E-state index contributed by atoms with van der Waals surface area (Å²) in [5.41, 5.74) is 3.17. The van der Waals surface area contributed by atoms with E-state index in [4.69, 9.17) is 16.0 Å². The molecule has 0 spiro atoms. The number of benzene rings is 2. The van der Waals surface area contributed by atoms with E-state index in [1.165, 1.54) is 5.56 Å². The first-order valence-corrected chi connectivity index (χ1v) is 7.88. The summed E-state index contributed by atoms with van der Waals surface area (Å²) in [4.78, 5) is 0. The van der Waals surface area contributed by atoms with Gasteiger partial charge in [-0.2, -0.15) is 0 Å². The highest BCUT2D eigenvalue weighted by Gasteiger charge is 2.12. The maximum atomic E-state index is 6.21. The van der Waals surface area contributed by atoms with E-state index in [0.29, 0.717) is 18.3 Å². The van der Waals surface area contributed by atoms with E-state index >= 15 is 0 Å². The molecule has 0 aliphatic heterocycles. The SMILES string of the molecule is Cc1ccc(-c2nnc(CN[C@@H](C)c3ccccc3Cl)o2)cc1. The molecule has 23 heavy (non-hydrogen) atoms. The smallest absolute Gasteiger partial charge is 0.247 e. The van der Waals surface area contributed by atoms with Gasteiger partial charge < -0.3 is 9.73 Å². The molecule has 0 bridgehead atoms. The lowest BCUT2D eigenvalue weighted by Gasteiger charge is -2.14. The molecule has 1 atom stereocenters. The normalized spacial score (nSPS) is 12.3. The second kappa shape index (κ2) is 6.94. The minimum atomic E-state index is 0.0958. The van der Waals surface area contributed by atoms with E-state index in [-0.39, 0.29) is 6.04 Å². The van der Waals surface area contributed by atoms with Crippen LogP contribution < -0.4 is 5.32 Å². The minimum absolute atomic E-state index is 0.0958. The standard InChI is InChI=1S/C18H18ClN3O/c1-12-7-9-14(10-8-12)18-22-21-17(23-18)11-20-13(2)15-5-3-4-6-16(15)19/h3-10,13,20H,11H2,1-2H3/t13-/m0/s1. The lowest BCUT2D eigenvalue weighted by molar-refractivity contribution is 0.454. The van der Waals surface area contributed by atoms with E-state index in [0.717, 1.165) is 16.1 Å². The van der Waals surface area contributed by atoms with Crippen molar-refractivity contribution in [3.05, 3.63) is 70.6 Å². The van der Waals surface area contributed by atoms with Crippen molar-refractivity contribution in [3.8, 4) is 11.5 Å². The molecule has 3 aromatic rings. The van der Waals surface area contributed by atoms with Crippen LogP contribution in [0.5, 0.6) is 0 Å². The van der Waals surface area contributed by atoms with Crippen LogP contribution in [-0.2, 0) is 6.54 Å². The van der Waals surface area contributed by atoms with Gasteiger partial charge in [0, 0.05) is 16.6 Å². The molecule has 1 aromatic heterocycles. The Balaban J connectivity index is 1.65. The van der Waals surface area contributed by atoms with Crippen molar-refractivity contribution in [1.29, 1.82) is 0 Å². The molecule has 0 fully saturated rings. The Kier molecular flexibility index (Phi) is 4.74. The topological polar surface area (TPSA) is 51.0 Å². The third kappa shape index (κ3) is 3.78. The van der Waals surface area contributed by atoms with Crippen LogP contribution >= 0.6 is 11.6 Å². The fourth-order valence-corrected chi connectivity index (χ4v) is 2.61. The molecule has 2 aromatic carbocycles. The zero-order valence-electron chi connectivity index (χ0n) is 13.1. The second-order valence-electron chi connectivity index (χ2n) is 5.49. The van der Waals surface area contributed by atoms with Crippen molar-refractivity contribution in [2.24, 2.45) is 0 Å². The van der Waals surface area contributed by atoms with Gasteiger partial charge in [0.25, 0.3) is 0 Å². The molecule has 0 amide bonds. The molecule has 0 aliphatic carbocycles. The molecule has 4 nitrogen and oxygen atoms in total. The third-order valence-electron chi connectivity index (χ3n) is 3.70. The molecule has 0 radical (unpaired) electrons. The number of rotatable bonds is 5.